The van der Waals surface area contributed by atoms with Crippen molar-refractivity contribution in [1.82, 2.24) is 5.16 Å². The van der Waals surface area contributed by atoms with Gasteiger partial charge in [-0.1, -0.05) is 5.16 Å². The van der Waals surface area contributed by atoms with E-state index in [9.17, 15) is 22.4 Å². The molecule has 0 aliphatic heterocycles. The van der Waals surface area contributed by atoms with Gasteiger partial charge in [-0.25, -0.2) is 17.6 Å². The Morgan fingerprint density at radius 3 is 2.21 bits per heavy atom. The molecule has 3 rings (SSSR count). The van der Waals surface area contributed by atoms with Gasteiger partial charge in [0, 0.05) is 29.4 Å². The maximum atomic E-state index is 13.1. The summed E-state index contributed by atoms with van der Waals surface area (Å²) in [6.07, 6.45) is 0. The number of halogens is 4. The van der Waals surface area contributed by atoms with Crippen LogP contribution in [-0.2, 0) is 0 Å². The lowest BCUT2D eigenvalue weighted by Gasteiger charge is -2.04. The molecule has 0 saturated heterocycles. The fourth-order valence-corrected chi connectivity index (χ4v) is 1.96. The number of amides is 1. The Balaban J connectivity index is 1.80. The van der Waals surface area contributed by atoms with Gasteiger partial charge in [-0.05, 0) is 24.3 Å². The van der Waals surface area contributed by atoms with E-state index < -0.39 is 29.2 Å². The summed E-state index contributed by atoms with van der Waals surface area (Å²) in [7, 11) is 0. The third kappa shape index (κ3) is 3.12. The first-order valence-corrected chi connectivity index (χ1v) is 6.62. The van der Waals surface area contributed by atoms with E-state index in [4.69, 9.17) is 4.52 Å². The van der Waals surface area contributed by atoms with Crippen molar-refractivity contribution in [2.45, 2.75) is 0 Å². The average Bonchev–Trinajstić information content (AvgIpc) is 3.03. The fraction of sp³-hybridized carbons (Fsp3) is 0. The van der Waals surface area contributed by atoms with Crippen LogP contribution in [0.25, 0.3) is 11.3 Å². The molecule has 3 aromatic rings. The maximum Gasteiger partial charge on any atom is 0.277 e. The number of hydrogen-bond donors (Lipinski definition) is 1. The standard InChI is InChI=1S/C16H8F4N2O2/c17-9-3-1-8(2-4-9)14-7-13(22-24-14)16(23)21-10-5-11(18)15(20)12(19)6-10/h1-7H,(H,21,23). The van der Waals surface area contributed by atoms with Gasteiger partial charge in [-0.2, -0.15) is 0 Å². The first-order chi connectivity index (χ1) is 11.4. The number of carbonyl (C=O) groups is 1. The highest BCUT2D eigenvalue weighted by atomic mass is 19.2. The highest BCUT2D eigenvalue weighted by molar-refractivity contribution is 6.03. The number of hydrogen-bond acceptors (Lipinski definition) is 3. The zero-order chi connectivity index (χ0) is 17.3. The Labute approximate surface area is 132 Å². The molecule has 122 valence electrons. The molecule has 1 aromatic heterocycles. The van der Waals surface area contributed by atoms with Crippen LogP contribution >= 0.6 is 0 Å². The monoisotopic (exact) mass is 336 g/mol. The summed E-state index contributed by atoms with van der Waals surface area (Å²) in [4.78, 5) is 12.0. The lowest BCUT2D eigenvalue weighted by atomic mass is 10.1. The molecule has 1 amide bonds. The van der Waals surface area contributed by atoms with Crippen molar-refractivity contribution in [3.8, 4) is 11.3 Å². The molecule has 0 saturated carbocycles. The topological polar surface area (TPSA) is 55.1 Å². The van der Waals surface area contributed by atoms with Crippen molar-refractivity contribution < 1.29 is 26.9 Å². The Kier molecular flexibility index (Phi) is 4.03. The van der Waals surface area contributed by atoms with Crippen LogP contribution in [0.15, 0.2) is 47.0 Å². The number of aromatic nitrogens is 1. The normalized spacial score (nSPS) is 10.7. The van der Waals surface area contributed by atoms with E-state index in [2.05, 4.69) is 10.5 Å². The third-order valence-corrected chi connectivity index (χ3v) is 3.11. The zero-order valence-corrected chi connectivity index (χ0v) is 11.8. The van der Waals surface area contributed by atoms with E-state index in [0.29, 0.717) is 17.7 Å². The molecule has 0 radical (unpaired) electrons. The van der Waals surface area contributed by atoms with Gasteiger partial charge in [0.15, 0.2) is 28.9 Å². The molecule has 0 unspecified atom stereocenters. The number of anilines is 1. The Hall–Kier alpha value is -3.16. The van der Waals surface area contributed by atoms with Gasteiger partial charge in [0.05, 0.1) is 0 Å². The number of benzene rings is 2. The number of nitrogens with zero attached hydrogens (tertiary/aromatic N) is 1. The lowest BCUT2D eigenvalue weighted by molar-refractivity contribution is 0.101. The summed E-state index contributed by atoms with van der Waals surface area (Å²) in [5.74, 6) is -5.53. The minimum absolute atomic E-state index is 0.167. The molecule has 0 fully saturated rings. The van der Waals surface area contributed by atoms with E-state index in [0.717, 1.165) is 0 Å². The van der Waals surface area contributed by atoms with Gasteiger partial charge < -0.3 is 9.84 Å². The zero-order valence-electron chi connectivity index (χ0n) is 11.8. The number of rotatable bonds is 3. The quantitative estimate of drug-likeness (QED) is 0.577. The predicted molar refractivity (Wildman–Crippen MR) is 76.2 cm³/mol. The second-order valence-corrected chi connectivity index (χ2v) is 4.79. The third-order valence-electron chi connectivity index (χ3n) is 3.11. The molecular weight excluding hydrogens is 328 g/mol. The molecule has 0 atom stereocenters. The van der Waals surface area contributed by atoms with Crippen LogP contribution < -0.4 is 5.32 Å². The molecule has 0 aliphatic rings. The van der Waals surface area contributed by atoms with Crippen LogP contribution in [0.1, 0.15) is 10.5 Å². The molecule has 8 heteroatoms. The smallest absolute Gasteiger partial charge is 0.277 e. The first-order valence-electron chi connectivity index (χ1n) is 6.62. The van der Waals surface area contributed by atoms with Crippen LogP contribution in [-0.4, -0.2) is 11.1 Å². The molecule has 0 spiro atoms. The van der Waals surface area contributed by atoms with Crippen LogP contribution in [0.4, 0.5) is 23.2 Å². The highest BCUT2D eigenvalue weighted by Crippen LogP contribution is 2.22. The molecule has 24 heavy (non-hydrogen) atoms. The largest absolute Gasteiger partial charge is 0.355 e. The van der Waals surface area contributed by atoms with Crippen LogP contribution in [0.5, 0.6) is 0 Å². The van der Waals surface area contributed by atoms with Gasteiger partial charge in [-0.3, -0.25) is 4.79 Å². The average molecular weight is 336 g/mol. The summed E-state index contributed by atoms with van der Waals surface area (Å²) in [5.41, 5.74) is 0.0454. The van der Waals surface area contributed by atoms with E-state index in [-0.39, 0.29) is 17.1 Å². The Bertz CT molecular complexity index is 884. The van der Waals surface area contributed by atoms with E-state index in [1.54, 1.807) is 0 Å². The van der Waals surface area contributed by atoms with E-state index >= 15 is 0 Å². The van der Waals surface area contributed by atoms with Crippen molar-refractivity contribution in [3.05, 3.63) is 71.4 Å². The molecular formula is C16H8F4N2O2. The first kappa shape index (κ1) is 15.7. The van der Waals surface area contributed by atoms with Gasteiger partial charge in [-0.15, -0.1) is 0 Å². The van der Waals surface area contributed by atoms with Gasteiger partial charge >= 0.3 is 0 Å². The highest BCUT2D eigenvalue weighted by Gasteiger charge is 2.16. The maximum absolute atomic E-state index is 13.1. The lowest BCUT2D eigenvalue weighted by Crippen LogP contribution is -2.13. The predicted octanol–water partition coefficient (Wildman–Crippen LogP) is 4.15. The van der Waals surface area contributed by atoms with Crippen LogP contribution in [0.3, 0.4) is 0 Å². The molecule has 2 aromatic carbocycles. The summed E-state index contributed by atoms with van der Waals surface area (Å²) < 4.78 is 57.0. The Morgan fingerprint density at radius 2 is 1.58 bits per heavy atom. The SMILES string of the molecule is O=C(Nc1cc(F)c(F)c(F)c1)c1cc(-c2ccc(F)cc2)on1. The molecule has 1 heterocycles. The fourth-order valence-electron chi connectivity index (χ4n) is 1.96. The molecule has 1 N–H and O–H groups in total. The van der Waals surface area contributed by atoms with Crippen molar-refractivity contribution in [3.63, 3.8) is 0 Å². The Morgan fingerprint density at radius 1 is 0.958 bits per heavy atom. The molecule has 0 bridgehead atoms. The van der Waals surface area contributed by atoms with Crippen molar-refractivity contribution in [1.29, 1.82) is 0 Å². The number of nitrogens with one attached hydrogen (secondary N) is 1. The van der Waals surface area contributed by atoms with E-state index in [1.807, 2.05) is 0 Å². The molecule has 0 aliphatic carbocycles. The van der Waals surface area contributed by atoms with Crippen molar-refractivity contribution >= 4 is 11.6 Å². The van der Waals surface area contributed by atoms with Gasteiger partial charge in [0.1, 0.15) is 5.82 Å². The number of carbonyl (C=O) groups excluding carboxylic acids is 1. The summed E-state index contributed by atoms with van der Waals surface area (Å²) in [5, 5.41) is 5.70. The second-order valence-electron chi connectivity index (χ2n) is 4.79. The van der Waals surface area contributed by atoms with Crippen LogP contribution in [0, 0.1) is 23.3 Å². The van der Waals surface area contributed by atoms with Gasteiger partial charge in [0.25, 0.3) is 5.91 Å². The minimum atomic E-state index is -1.63. The minimum Gasteiger partial charge on any atom is -0.355 e. The second kappa shape index (κ2) is 6.15. The summed E-state index contributed by atoms with van der Waals surface area (Å²) in [6.45, 7) is 0. The molecule has 4 nitrogen and oxygen atoms in total. The summed E-state index contributed by atoms with van der Waals surface area (Å²) in [6, 6.07) is 7.83. The summed E-state index contributed by atoms with van der Waals surface area (Å²) >= 11 is 0. The van der Waals surface area contributed by atoms with Crippen molar-refractivity contribution in [2.24, 2.45) is 0 Å². The van der Waals surface area contributed by atoms with E-state index in [1.165, 1.54) is 30.3 Å². The van der Waals surface area contributed by atoms with Crippen molar-refractivity contribution in [2.75, 3.05) is 5.32 Å². The van der Waals surface area contributed by atoms with Gasteiger partial charge in [0.2, 0.25) is 0 Å². The van der Waals surface area contributed by atoms with Crippen LogP contribution in [0.2, 0.25) is 0 Å².